The molecule has 88 valence electrons. The third-order valence-corrected chi connectivity index (χ3v) is 3.03. The summed E-state index contributed by atoms with van der Waals surface area (Å²) in [5.41, 5.74) is 2.19. The summed E-state index contributed by atoms with van der Waals surface area (Å²) in [6.07, 6.45) is 0. The summed E-state index contributed by atoms with van der Waals surface area (Å²) in [4.78, 5) is 18.1. The molecular formula is C14H9ClN2O. The lowest BCUT2D eigenvalue weighted by molar-refractivity contribution is 1.23. The van der Waals surface area contributed by atoms with Gasteiger partial charge in [-0.25, -0.2) is 4.98 Å². The van der Waals surface area contributed by atoms with Crippen molar-refractivity contribution in [3.05, 3.63) is 64.0 Å². The molecular weight excluding hydrogens is 248 g/mol. The molecule has 4 heteroatoms. The molecule has 1 aromatic carbocycles. The summed E-state index contributed by atoms with van der Waals surface area (Å²) in [5, 5.41) is 1.24. The van der Waals surface area contributed by atoms with Gasteiger partial charge in [0.1, 0.15) is 10.8 Å². The molecule has 0 saturated carbocycles. The molecule has 0 aliphatic heterocycles. The van der Waals surface area contributed by atoms with Crippen molar-refractivity contribution in [2.75, 3.05) is 0 Å². The highest BCUT2D eigenvalue weighted by Gasteiger charge is 2.07. The number of nitrogens with one attached hydrogen (secondary N) is 1. The van der Waals surface area contributed by atoms with Crippen molar-refractivity contribution >= 4 is 22.6 Å². The number of rotatable bonds is 1. The van der Waals surface area contributed by atoms with Gasteiger partial charge in [-0.15, -0.1) is 0 Å². The van der Waals surface area contributed by atoms with E-state index in [1.54, 1.807) is 6.07 Å². The van der Waals surface area contributed by atoms with Crippen LogP contribution in [0.25, 0.3) is 22.2 Å². The molecule has 0 amide bonds. The number of halogens is 1. The molecule has 0 spiro atoms. The van der Waals surface area contributed by atoms with Crippen LogP contribution in [0.4, 0.5) is 0 Å². The number of aromatic amines is 1. The molecule has 0 radical (unpaired) electrons. The van der Waals surface area contributed by atoms with E-state index in [4.69, 9.17) is 11.6 Å². The van der Waals surface area contributed by atoms with Gasteiger partial charge in [0, 0.05) is 17.0 Å². The van der Waals surface area contributed by atoms with Gasteiger partial charge >= 0.3 is 0 Å². The van der Waals surface area contributed by atoms with Crippen LogP contribution in [-0.2, 0) is 0 Å². The number of hydrogen-bond donors (Lipinski definition) is 1. The largest absolute Gasteiger partial charge is 0.307 e. The number of benzene rings is 1. The van der Waals surface area contributed by atoms with Gasteiger partial charge in [-0.1, -0.05) is 41.9 Å². The summed E-state index contributed by atoms with van der Waals surface area (Å²) in [6, 6.07) is 14.9. The Bertz CT molecular complexity index is 766. The van der Waals surface area contributed by atoms with Crippen LogP contribution < -0.4 is 5.56 Å². The van der Waals surface area contributed by atoms with Crippen LogP contribution in [-0.4, -0.2) is 9.97 Å². The Kier molecular flexibility index (Phi) is 2.61. The van der Waals surface area contributed by atoms with Crippen molar-refractivity contribution < 1.29 is 0 Å². The molecule has 2 heterocycles. The van der Waals surface area contributed by atoms with Gasteiger partial charge in [0.25, 0.3) is 0 Å². The van der Waals surface area contributed by atoms with Crippen LogP contribution in [0.15, 0.2) is 53.3 Å². The smallest absolute Gasteiger partial charge is 0.249 e. The highest BCUT2D eigenvalue weighted by Crippen LogP contribution is 2.28. The number of hydrogen-bond acceptors (Lipinski definition) is 2. The molecule has 0 bridgehead atoms. The van der Waals surface area contributed by atoms with Gasteiger partial charge < -0.3 is 4.98 Å². The van der Waals surface area contributed by atoms with Gasteiger partial charge in [-0.2, -0.15) is 0 Å². The first-order valence-electron chi connectivity index (χ1n) is 5.49. The summed E-state index contributed by atoms with van der Waals surface area (Å²) < 4.78 is 0. The van der Waals surface area contributed by atoms with Crippen molar-refractivity contribution in [1.82, 2.24) is 9.97 Å². The third kappa shape index (κ3) is 1.89. The van der Waals surface area contributed by atoms with Crippen LogP contribution in [0.1, 0.15) is 0 Å². The first-order chi connectivity index (χ1) is 8.74. The van der Waals surface area contributed by atoms with E-state index < -0.39 is 0 Å². The van der Waals surface area contributed by atoms with E-state index in [0.29, 0.717) is 10.8 Å². The highest BCUT2D eigenvalue weighted by molar-refractivity contribution is 6.32. The normalized spacial score (nSPS) is 10.7. The molecule has 3 aromatic rings. The Labute approximate surface area is 108 Å². The second-order valence-electron chi connectivity index (χ2n) is 3.95. The minimum absolute atomic E-state index is 0.182. The lowest BCUT2D eigenvalue weighted by Crippen LogP contribution is -2.03. The van der Waals surface area contributed by atoms with E-state index in [-0.39, 0.29) is 5.56 Å². The molecule has 0 aliphatic rings. The van der Waals surface area contributed by atoms with Crippen molar-refractivity contribution in [3.63, 3.8) is 0 Å². The molecule has 0 aliphatic carbocycles. The van der Waals surface area contributed by atoms with Gasteiger partial charge in [-0.05, 0) is 17.7 Å². The van der Waals surface area contributed by atoms with E-state index in [1.807, 2.05) is 36.4 Å². The topological polar surface area (TPSA) is 45.8 Å². The maximum absolute atomic E-state index is 11.2. The Morgan fingerprint density at radius 1 is 1.06 bits per heavy atom. The predicted octanol–water partition coefficient (Wildman–Crippen LogP) is 3.24. The second kappa shape index (κ2) is 4.27. The van der Waals surface area contributed by atoms with Crippen LogP contribution in [0.2, 0.25) is 5.15 Å². The number of fused-ring (bicyclic) bond motifs is 1. The molecule has 0 saturated heterocycles. The Morgan fingerprint density at radius 2 is 1.83 bits per heavy atom. The van der Waals surface area contributed by atoms with Gasteiger partial charge in [0.2, 0.25) is 5.56 Å². The fraction of sp³-hybridized carbons (Fsp3) is 0. The maximum Gasteiger partial charge on any atom is 0.249 e. The first kappa shape index (κ1) is 11.0. The van der Waals surface area contributed by atoms with Crippen LogP contribution >= 0.6 is 11.6 Å². The monoisotopic (exact) mass is 256 g/mol. The molecule has 3 rings (SSSR count). The molecule has 0 fully saturated rings. The van der Waals surface area contributed by atoms with Crippen LogP contribution in [0.5, 0.6) is 0 Å². The zero-order valence-corrected chi connectivity index (χ0v) is 10.1. The number of nitrogens with zero attached hydrogens (tertiary/aromatic N) is 1. The number of H-pyrrole nitrogens is 1. The highest BCUT2D eigenvalue weighted by atomic mass is 35.5. The van der Waals surface area contributed by atoms with Crippen LogP contribution in [0.3, 0.4) is 0 Å². The Balaban J connectivity index is 2.29. The summed E-state index contributed by atoms with van der Waals surface area (Å²) in [6.45, 7) is 0. The first-order valence-corrected chi connectivity index (χ1v) is 5.87. The van der Waals surface area contributed by atoms with E-state index in [0.717, 1.165) is 16.5 Å². The molecule has 18 heavy (non-hydrogen) atoms. The summed E-state index contributed by atoms with van der Waals surface area (Å²) in [7, 11) is 0. The minimum atomic E-state index is -0.182. The van der Waals surface area contributed by atoms with Gasteiger partial charge in [-0.3, -0.25) is 4.79 Å². The second-order valence-corrected chi connectivity index (χ2v) is 4.31. The van der Waals surface area contributed by atoms with Crippen molar-refractivity contribution in [3.8, 4) is 11.1 Å². The lowest BCUT2D eigenvalue weighted by atomic mass is 10.1. The molecule has 1 N–H and O–H groups in total. The fourth-order valence-corrected chi connectivity index (χ4v) is 2.13. The third-order valence-electron chi connectivity index (χ3n) is 2.75. The average molecular weight is 257 g/mol. The Hall–Kier alpha value is -2.13. The van der Waals surface area contributed by atoms with Crippen molar-refractivity contribution in [2.45, 2.75) is 0 Å². The van der Waals surface area contributed by atoms with E-state index >= 15 is 0 Å². The fourth-order valence-electron chi connectivity index (χ4n) is 1.88. The van der Waals surface area contributed by atoms with E-state index in [2.05, 4.69) is 9.97 Å². The SMILES string of the molecule is O=c1ccc2cc(-c3ccccc3)c(Cl)nc2[nH]1. The lowest BCUT2D eigenvalue weighted by Gasteiger charge is -2.05. The van der Waals surface area contributed by atoms with Gasteiger partial charge in [0.05, 0.1) is 0 Å². The minimum Gasteiger partial charge on any atom is -0.307 e. The molecule has 3 nitrogen and oxygen atoms in total. The van der Waals surface area contributed by atoms with Crippen LogP contribution in [0, 0.1) is 0 Å². The number of aromatic nitrogens is 2. The molecule has 2 aromatic heterocycles. The predicted molar refractivity (Wildman–Crippen MR) is 72.8 cm³/mol. The van der Waals surface area contributed by atoms with Gasteiger partial charge in [0.15, 0.2) is 0 Å². The zero-order chi connectivity index (χ0) is 12.5. The van der Waals surface area contributed by atoms with E-state index in [1.165, 1.54) is 6.07 Å². The quantitative estimate of drug-likeness (QED) is 0.680. The Morgan fingerprint density at radius 3 is 2.61 bits per heavy atom. The molecule has 0 unspecified atom stereocenters. The molecule has 0 atom stereocenters. The van der Waals surface area contributed by atoms with Crippen molar-refractivity contribution in [1.29, 1.82) is 0 Å². The number of pyridine rings is 2. The zero-order valence-electron chi connectivity index (χ0n) is 9.35. The van der Waals surface area contributed by atoms with Crippen molar-refractivity contribution in [2.24, 2.45) is 0 Å². The maximum atomic E-state index is 11.2. The standard InChI is InChI=1S/C14H9ClN2O/c15-13-11(9-4-2-1-3-5-9)8-10-6-7-12(18)16-14(10)17-13/h1-8H,(H,16,17,18). The summed E-state index contributed by atoms with van der Waals surface area (Å²) >= 11 is 6.16. The van der Waals surface area contributed by atoms with E-state index in [9.17, 15) is 4.79 Å². The summed E-state index contributed by atoms with van der Waals surface area (Å²) in [5.74, 6) is 0. The average Bonchev–Trinajstić information content (AvgIpc) is 2.39.